The predicted octanol–water partition coefficient (Wildman–Crippen LogP) is 0.914. The summed E-state index contributed by atoms with van der Waals surface area (Å²) in [5.74, 6) is 1.71. The summed E-state index contributed by atoms with van der Waals surface area (Å²) < 4.78 is 0. The molecule has 0 atom stereocenters. The van der Waals surface area contributed by atoms with Crippen molar-refractivity contribution in [1.82, 2.24) is 4.90 Å². The van der Waals surface area contributed by atoms with Gasteiger partial charge in [0.2, 0.25) is 0 Å². The van der Waals surface area contributed by atoms with Gasteiger partial charge in [0, 0.05) is 6.04 Å². The molecule has 13 heavy (non-hydrogen) atoms. The molecule has 1 saturated carbocycles. The monoisotopic (exact) mass is 176 g/mol. The van der Waals surface area contributed by atoms with Crippen molar-refractivity contribution in [1.29, 1.82) is 5.26 Å². The van der Waals surface area contributed by atoms with Crippen molar-refractivity contribution in [3.05, 3.63) is 0 Å². The Kier molecular flexibility index (Phi) is 3.34. The van der Waals surface area contributed by atoms with Crippen molar-refractivity contribution in [3.8, 4) is 18.4 Å². The highest BCUT2D eigenvalue weighted by Crippen LogP contribution is 2.23. The lowest BCUT2D eigenvalue weighted by atomic mass is 10.2. The number of carbonyl (C=O) groups excluding carboxylic acids is 1. The standard InChI is InChI=1S/C10H12N2O/c1-2-10(13)12(8-7-11)9-5-3-4-6-9/h1,9H,3-6,8H2. The van der Waals surface area contributed by atoms with Crippen LogP contribution in [0, 0.1) is 23.7 Å². The molecule has 1 rings (SSSR count). The Bertz CT molecular complexity index is 266. The summed E-state index contributed by atoms with van der Waals surface area (Å²) in [4.78, 5) is 12.7. The Hall–Kier alpha value is -1.48. The molecular weight excluding hydrogens is 164 g/mol. The van der Waals surface area contributed by atoms with E-state index in [1.165, 1.54) is 4.90 Å². The molecule has 0 N–H and O–H groups in total. The minimum Gasteiger partial charge on any atom is -0.316 e. The lowest BCUT2D eigenvalue weighted by molar-refractivity contribution is -0.126. The Morgan fingerprint density at radius 2 is 2.15 bits per heavy atom. The number of hydrogen-bond acceptors (Lipinski definition) is 2. The zero-order valence-corrected chi connectivity index (χ0v) is 7.49. The zero-order valence-electron chi connectivity index (χ0n) is 7.49. The maximum Gasteiger partial charge on any atom is 0.299 e. The number of rotatable bonds is 2. The van der Waals surface area contributed by atoms with E-state index in [1.807, 2.05) is 6.07 Å². The topological polar surface area (TPSA) is 44.1 Å². The first-order chi connectivity index (χ1) is 6.29. The largest absolute Gasteiger partial charge is 0.316 e. The summed E-state index contributed by atoms with van der Waals surface area (Å²) in [5, 5.41) is 8.53. The molecule has 3 heteroatoms. The summed E-state index contributed by atoms with van der Waals surface area (Å²) in [6, 6.07) is 2.17. The van der Waals surface area contributed by atoms with Crippen LogP contribution < -0.4 is 0 Å². The molecule has 0 saturated heterocycles. The summed E-state index contributed by atoms with van der Waals surface area (Å²) in [7, 11) is 0. The van der Waals surface area contributed by atoms with E-state index >= 15 is 0 Å². The van der Waals surface area contributed by atoms with Crippen LogP contribution in [0.25, 0.3) is 0 Å². The average molecular weight is 176 g/mol. The molecule has 1 amide bonds. The number of carbonyl (C=O) groups is 1. The average Bonchev–Trinajstić information content (AvgIpc) is 2.65. The molecule has 1 aliphatic carbocycles. The van der Waals surface area contributed by atoms with Crippen LogP contribution in [0.5, 0.6) is 0 Å². The number of amides is 1. The Labute approximate surface area is 78.3 Å². The van der Waals surface area contributed by atoms with E-state index in [9.17, 15) is 4.79 Å². The van der Waals surface area contributed by atoms with E-state index in [2.05, 4.69) is 5.92 Å². The maximum absolute atomic E-state index is 11.2. The summed E-state index contributed by atoms with van der Waals surface area (Å²) >= 11 is 0. The zero-order chi connectivity index (χ0) is 9.68. The molecule has 1 aliphatic rings. The van der Waals surface area contributed by atoms with Crippen molar-refractivity contribution >= 4 is 5.91 Å². The molecule has 0 heterocycles. The van der Waals surface area contributed by atoms with Crippen molar-refractivity contribution in [2.75, 3.05) is 6.54 Å². The predicted molar refractivity (Wildman–Crippen MR) is 48.4 cm³/mol. The molecule has 0 aromatic carbocycles. The van der Waals surface area contributed by atoms with Crippen LogP contribution in [-0.2, 0) is 4.79 Å². The number of nitrogens with zero attached hydrogens (tertiary/aromatic N) is 2. The molecule has 3 nitrogen and oxygen atoms in total. The van der Waals surface area contributed by atoms with Gasteiger partial charge >= 0.3 is 0 Å². The Morgan fingerprint density at radius 1 is 1.54 bits per heavy atom. The van der Waals surface area contributed by atoms with E-state index in [-0.39, 0.29) is 18.5 Å². The molecular formula is C10H12N2O. The van der Waals surface area contributed by atoms with Gasteiger partial charge in [0.1, 0.15) is 6.54 Å². The van der Waals surface area contributed by atoms with Crippen LogP contribution in [0.3, 0.4) is 0 Å². The Balaban J connectivity index is 2.62. The van der Waals surface area contributed by atoms with Crippen molar-refractivity contribution in [3.63, 3.8) is 0 Å². The maximum atomic E-state index is 11.2. The van der Waals surface area contributed by atoms with Gasteiger partial charge in [0.05, 0.1) is 6.07 Å². The SMILES string of the molecule is C#CC(=O)N(CC#N)C1CCCC1. The van der Waals surface area contributed by atoms with Gasteiger partial charge < -0.3 is 4.90 Å². The first-order valence-electron chi connectivity index (χ1n) is 4.43. The van der Waals surface area contributed by atoms with Crippen molar-refractivity contribution < 1.29 is 4.79 Å². The summed E-state index contributed by atoms with van der Waals surface area (Å²) in [6.07, 6.45) is 9.24. The second kappa shape index (κ2) is 4.52. The van der Waals surface area contributed by atoms with Gasteiger partial charge in [0.15, 0.2) is 0 Å². The molecule has 0 aromatic rings. The highest BCUT2D eigenvalue weighted by Gasteiger charge is 2.25. The minimum atomic E-state index is -0.353. The van der Waals surface area contributed by atoms with Crippen LogP contribution in [0.1, 0.15) is 25.7 Å². The van der Waals surface area contributed by atoms with Gasteiger partial charge in [-0.15, -0.1) is 6.42 Å². The fourth-order valence-electron chi connectivity index (χ4n) is 1.74. The molecule has 0 radical (unpaired) electrons. The first-order valence-corrected chi connectivity index (χ1v) is 4.43. The second-order valence-corrected chi connectivity index (χ2v) is 3.17. The third kappa shape index (κ3) is 2.23. The van der Waals surface area contributed by atoms with Crippen LogP contribution in [0.2, 0.25) is 0 Å². The Morgan fingerprint density at radius 3 is 2.62 bits per heavy atom. The lowest BCUT2D eigenvalue weighted by Crippen LogP contribution is -2.38. The van der Waals surface area contributed by atoms with E-state index in [4.69, 9.17) is 11.7 Å². The third-order valence-corrected chi connectivity index (χ3v) is 2.39. The number of hydrogen-bond donors (Lipinski definition) is 0. The van der Waals surface area contributed by atoms with E-state index in [0.29, 0.717) is 0 Å². The molecule has 0 unspecified atom stereocenters. The lowest BCUT2D eigenvalue weighted by Gasteiger charge is -2.23. The van der Waals surface area contributed by atoms with Crippen LogP contribution in [0.4, 0.5) is 0 Å². The van der Waals surface area contributed by atoms with Gasteiger partial charge in [-0.1, -0.05) is 12.8 Å². The molecule has 0 aliphatic heterocycles. The van der Waals surface area contributed by atoms with Gasteiger partial charge in [-0.25, -0.2) is 0 Å². The molecule has 0 bridgehead atoms. The molecule has 68 valence electrons. The van der Waals surface area contributed by atoms with Crippen molar-refractivity contribution in [2.24, 2.45) is 0 Å². The van der Waals surface area contributed by atoms with Gasteiger partial charge in [0.25, 0.3) is 5.91 Å². The minimum absolute atomic E-state index is 0.119. The second-order valence-electron chi connectivity index (χ2n) is 3.17. The summed E-state index contributed by atoms with van der Waals surface area (Å²) in [6.45, 7) is 0.119. The van der Waals surface area contributed by atoms with Gasteiger partial charge in [-0.3, -0.25) is 4.79 Å². The number of nitriles is 1. The van der Waals surface area contributed by atoms with E-state index in [0.717, 1.165) is 25.7 Å². The number of terminal acetylenes is 1. The van der Waals surface area contributed by atoms with E-state index in [1.54, 1.807) is 0 Å². The molecule has 0 spiro atoms. The fourth-order valence-corrected chi connectivity index (χ4v) is 1.74. The first kappa shape index (κ1) is 9.61. The van der Waals surface area contributed by atoms with Gasteiger partial charge in [-0.2, -0.15) is 5.26 Å². The highest BCUT2D eigenvalue weighted by atomic mass is 16.2. The quantitative estimate of drug-likeness (QED) is 0.463. The molecule has 0 aromatic heterocycles. The van der Waals surface area contributed by atoms with Crippen LogP contribution in [0.15, 0.2) is 0 Å². The van der Waals surface area contributed by atoms with Crippen molar-refractivity contribution in [2.45, 2.75) is 31.7 Å². The normalized spacial score (nSPS) is 16.2. The summed E-state index contributed by atoms with van der Waals surface area (Å²) in [5.41, 5.74) is 0. The highest BCUT2D eigenvalue weighted by molar-refractivity contribution is 5.93. The fraction of sp³-hybridized carbons (Fsp3) is 0.600. The van der Waals surface area contributed by atoms with Crippen LogP contribution >= 0.6 is 0 Å². The van der Waals surface area contributed by atoms with Crippen LogP contribution in [-0.4, -0.2) is 23.4 Å². The molecule has 1 fully saturated rings. The van der Waals surface area contributed by atoms with E-state index < -0.39 is 0 Å². The smallest absolute Gasteiger partial charge is 0.299 e. The van der Waals surface area contributed by atoms with Gasteiger partial charge in [-0.05, 0) is 18.8 Å². The third-order valence-electron chi connectivity index (χ3n) is 2.39.